The van der Waals surface area contributed by atoms with Crippen LogP contribution < -0.4 is 5.32 Å². The second-order valence-electron chi connectivity index (χ2n) is 15.7. The number of amides is 1. The highest BCUT2D eigenvalue weighted by atomic mass is 31.2. The molecule has 8 nitrogen and oxygen atoms in total. The van der Waals surface area contributed by atoms with Gasteiger partial charge in [-0.15, -0.1) is 0 Å². The van der Waals surface area contributed by atoms with Crippen molar-refractivity contribution in [1.29, 1.82) is 0 Å². The Bertz CT molecular complexity index is 834. The van der Waals surface area contributed by atoms with E-state index in [4.69, 9.17) is 9.05 Å². The number of phosphoric ester groups is 1. The van der Waals surface area contributed by atoms with Gasteiger partial charge in [0, 0.05) is 6.42 Å². The number of likely N-dealkylation sites (N-methyl/N-ethyl adjacent to an activating group) is 1. The zero-order valence-electron chi connectivity index (χ0n) is 33.7. The maximum Gasteiger partial charge on any atom is 0.472 e. The van der Waals surface area contributed by atoms with Crippen molar-refractivity contribution in [3.63, 3.8) is 0 Å². The monoisotopic (exact) mass is 732 g/mol. The number of hydrogen-bond acceptors (Lipinski definition) is 5. The number of phosphoric acid groups is 1. The lowest BCUT2D eigenvalue weighted by atomic mass is 10.0. The third-order valence-corrected chi connectivity index (χ3v) is 10.5. The largest absolute Gasteiger partial charge is 0.472 e. The number of nitrogens with one attached hydrogen (secondary N) is 1. The molecule has 0 saturated carbocycles. The summed E-state index contributed by atoms with van der Waals surface area (Å²) >= 11 is 0. The van der Waals surface area contributed by atoms with Gasteiger partial charge in [-0.05, 0) is 19.3 Å². The van der Waals surface area contributed by atoms with Gasteiger partial charge in [0.05, 0.1) is 39.9 Å². The summed E-state index contributed by atoms with van der Waals surface area (Å²) in [5.74, 6) is -0.179. The molecular formula is C41H84N2O6P+. The van der Waals surface area contributed by atoms with Crippen molar-refractivity contribution in [2.75, 3.05) is 40.9 Å². The standard InChI is InChI=1S/C41H83N2O6P/c1-6-8-10-12-14-15-16-17-18-19-20-21-22-23-24-25-26-27-29-31-33-35-41(45)42-39(40(44)34-32-30-28-13-11-9-7-2)38-49-50(46,47)48-37-36-43(3,4)5/h32,34,39-40,44H,6-31,33,35-38H2,1-5H3,(H-,42,45,46,47)/p+1/b34-32+. The van der Waals surface area contributed by atoms with Crippen molar-refractivity contribution in [3.8, 4) is 0 Å². The van der Waals surface area contributed by atoms with E-state index in [1.54, 1.807) is 6.08 Å². The third kappa shape index (κ3) is 35.6. The Hall–Kier alpha value is -0.760. The Morgan fingerprint density at radius 1 is 0.660 bits per heavy atom. The molecule has 0 saturated heterocycles. The first-order valence-electron chi connectivity index (χ1n) is 21.1. The van der Waals surface area contributed by atoms with Crippen LogP contribution in [0.25, 0.3) is 0 Å². The number of carbonyl (C=O) groups is 1. The molecule has 0 bridgehead atoms. The smallest absolute Gasteiger partial charge is 0.387 e. The maximum absolute atomic E-state index is 12.8. The van der Waals surface area contributed by atoms with Gasteiger partial charge in [0.1, 0.15) is 13.2 Å². The minimum absolute atomic E-state index is 0.0638. The van der Waals surface area contributed by atoms with Gasteiger partial charge in [-0.2, -0.15) is 0 Å². The summed E-state index contributed by atoms with van der Waals surface area (Å²) in [5.41, 5.74) is 0. The van der Waals surface area contributed by atoms with E-state index in [-0.39, 0.29) is 19.1 Å². The average Bonchev–Trinajstić information content (AvgIpc) is 3.06. The Morgan fingerprint density at radius 3 is 1.48 bits per heavy atom. The van der Waals surface area contributed by atoms with Crippen LogP contribution in [0.5, 0.6) is 0 Å². The maximum atomic E-state index is 12.8. The van der Waals surface area contributed by atoms with E-state index >= 15 is 0 Å². The van der Waals surface area contributed by atoms with Crippen molar-refractivity contribution in [1.82, 2.24) is 5.32 Å². The Balaban J connectivity index is 4.16. The number of aliphatic hydroxyl groups is 1. The molecule has 0 aliphatic carbocycles. The number of allylic oxidation sites excluding steroid dienone is 1. The quantitative estimate of drug-likeness (QED) is 0.0253. The Labute approximate surface area is 310 Å². The minimum Gasteiger partial charge on any atom is -0.387 e. The van der Waals surface area contributed by atoms with Crippen LogP contribution >= 0.6 is 7.82 Å². The van der Waals surface area contributed by atoms with Gasteiger partial charge in [0.15, 0.2) is 0 Å². The number of quaternary nitrogens is 1. The molecule has 1 amide bonds. The lowest BCUT2D eigenvalue weighted by Crippen LogP contribution is -2.45. The van der Waals surface area contributed by atoms with Crippen LogP contribution in [-0.2, 0) is 18.4 Å². The molecule has 0 rings (SSSR count). The van der Waals surface area contributed by atoms with Gasteiger partial charge in [0.2, 0.25) is 5.91 Å². The van der Waals surface area contributed by atoms with Gasteiger partial charge < -0.3 is 19.8 Å². The SMILES string of the molecule is CCCCCCC/C=C/C(O)C(COP(=O)(O)OCC[N+](C)(C)C)NC(=O)CCCCCCCCCCCCCCCCCCCCCCC. The van der Waals surface area contributed by atoms with Crippen molar-refractivity contribution >= 4 is 13.7 Å². The van der Waals surface area contributed by atoms with Crippen LogP contribution in [0.15, 0.2) is 12.2 Å². The molecule has 0 aliphatic heterocycles. The van der Waals surface area contributed by atoms with Crippen LogP contribution in [0.2, 0.25) is 0 Å². The number of nitrogens with zero attached hydrogens (tertiary/aromatic N) is 1. The third-order valence-electron chi connectivity index (χ3n) is 9.51. The first-order chi connectivity index (χ1) is 24.0. The lowest BCUT2D eigenvalue weighted by molar-refractivity contribution is -0.870. The fourth-order valence-corrected chi connectivity index (χ4v) is 6.84. The molecule has 50 heavy (non-hydrogen) atoms. The predicted molar refractivity (Wildman–Crippen MR) is 212 cm³/mol. The second-order valence-corrected chi connectivity index (χ2v) is 17.2. The molecule has 0 aromatic heterocycles. The summed E-state index contributed by atoms with van der Waals surface area (Å²) < 4.78 is 23.4. The van der Waals surface area contributed by atoms with Crippen LogP contribution in [-0.4, -0.2) is 73.4 Å². The number of unbranched alkanes of at least 4 members (excludes halogenated alkanes) is 25. The molecule has 9 heteroatoms. The molecule has 0 aromatic rings. The fourth-order valence-electron chi connectivity index (χ4n) is 6.10. The summed E-state index contributed by atoms with van der Waals surface area (Å²) in [6.07, 6.45) is 37.3. The normalized spacial score (nSPS) is 14.6. The Kier molecular flexibility index (Phi) is 33.5. The van der Waals surface area contributed by atoms with E-state index in [0.29, 0.717) is 17.4 Å². The van der Waals surface area contributed by atoms with E-state index < -0.39 is 20.0 Å². The van der Waals surface area contributed by atoms with Gasteiger partial charge in [0.25, 0.3) is 0 Å². The molecule has 0 fully saturated rings. The zero-order valence-corrected chi connectivity index (χ0v) is 34.5. The topological polar surface area (TPSA) is 105 Å². The highest BCUT2D eigenvalue weighted by Gasteiger charge is 2.27. The molecule has 298 valence electrons. The van der Waals surface area contributed by atoms with Gasteiger partial charge in [-0.1, -0.05) is 180 Å². The summed E-state index contributed by atoms with van der Waals surface area (Å²) in [6.45, 7) is 4.76. The first kappa shape index (κ1) is 49.2. The van der Waals surface area contributed by atoms with E-state index in [0.717, 1.165) is 38.5 Å². The van der Waals surface area contributed by atoms with Crippen molar-refractivity contribution in [2.45, 2.75) is 206 Å². The predicted octanol–water partition coefficient (Wildman–Crippen LogP) is 11.2. The summed E-state index contributed by atoms with van der Waals surface area (Å²) in [6, 6.07) is -0.837. The van der Waals surface area contributed by atoms with E-state index in [9.17, 15) is 19.4 Å². The summed E-state index contributed by atoms with van der Waals surface area (Å²) in [5, 5.41) is 13.7. The molecule has 0 aliphatic rings. The highest BCUT2D eigenvalue weighted by Crippen LogP contribution is 2.43. The van der Waals surface area contributed by atoms with Crippen LogP contribution in [0, 0.1) is 0 Å². The van der Waals surface area contributed by atoms with E-state index in [2.05, 4.69) is 19.2 Å². The van der Waals surface area contributed by atoms with Crippen molar-refractivity contribution < 1.29 is 32.9 Å². The second kappa shape index (κ2) is 34.0. The van der Waals surface area contributed by atoms with Gasteiger partial charge in [-0.25, -0.2) is 4.57 Å². The number of carbonyl (C=O) groups excluding carboxylic acids is 1. The van der Waals surface area contributed by atoms with Crippen LogP contribution in [0.1, 0.15) is 194 Å². The molecule has 3 unspecified atom stereocenters. The molecule has 0 aromatic carbocycles. The number of rotatable bonds is 38. The average molecular weight is 732 g/mol. The lowest BCUT2D eigenvalue weighted by Gasteiger charge is -2.25. The summed E-state index contributed by atoms with van der Waals surface area (Å²) in [7, 11) is 1.58. The molecule has 0 spiro atoms. The minimum atomic E-state index is -4.32. The van der Waals surface area contributed by atoms with Crippen LogP contribution in [0.4, 0.5) is 0 Å². The summed E-state index contributed by atoms with van der Waals surface area (Å²) in [4.78, 5) is 22.9. The molecule has 0 radical (unpaired) electrons. The van der Waals surface area contributed by atoms with Gasteiger partial charge in [-0.3, -0.25) is 13.8 Å². The highest BCUT2D eigenvalue weighted by molar-refractivity contribution is 7.47. The van der Waals surface area contributed by atoms with Crippen LogP contribution in [0.3, 0.4) is 0 Å². The Morgan fingerprint density at radius 2 is 1.06 bits per heavy atom. The van der Waals surface area contributed by atoms with Gasteiger partial charge >= 0.3 is 7.82 Å². The van der Waals surface area contributed by atoms with E-state index in [1.165, 1.54) is 135 Å². The molecular weight excluding hydrogens is 647 g/mol. The molecule has 3 atom stereocenters. The number of aliphatic hydroxyl groups excluding tert-OH is 1. The van der Waals surface area contributed by atoms with Crippen molar-refractivity contribution in [2.24, 2.45) is 0 Å². The van der Waals surface area contributed by atoms with E-state index in [1.807, 2.05) is 27.2 Å². The fraction of sp³-hybridized carbons (Fsp3) is 0.927. The number of hydrogen-bond donors (Lipinski definition) is 3. The van der Waals surface area contributed by atoms with Crippen molar-refractivity contribution in [3.05, 3.63) is 12.2 Å². The first-order valence-corrected chi connectivity index (χ1v) is 22.6. The molecule has 0 heterocycles. The zero-order chi connectivity index (χ0) is 37.2. The molecule has 3 N–H and O–H groups in total.